The lowest BCUT2D eigenvalue weighted by Crippen LogP contribution is -2.33. The van der Waals surface area contributed by atoms with Crippen molar-refractivity contribution in [3.63, 3.8) is 0 Å². The Hall–Kier alpha value is -3.55. The van der Waals surface area contributed by atoms with Crippen molar-refractivity contribution in [1.82, 2.24) is 9.47 Å². The molecule has 0 unspecified atom stereocenters. The van der Waals surface area contributed by atoms with E-state index in [4.69, 9.17) is 9.52 Å². The molecule has 0 fully saturated rings. The molecule has 0 spiro atoms. The van der Waals surface area contributed by atoms with Gasteiger partial charge in [-0.2, -0.15) is 0 Å². The van der Waals surface area contributed by atoms with Crippen molar-refractivity contribution in [2.75, 3.05) is 18.4 Å². The van der Waals surface area contributed by atoms with E-state index in [1.807, 2.05) is 36.7 Å². The molecule has 0 aliphatic carbocycles. The Morgan fingerprint density at radius 1 is 1.07 bits per heavy atom. The number of carboxylic acid groups (broad SMARTS) is 1. The van der Waals surface area contributed by atoms with E-state index >= 15 is 0 Å². The Morgan fingerprint density at radius 2 is 1.79 bits per heavy atom. The van der Waals surface area contributed by atoms with Crippen LogP contribution < -0.4 is 5.32 Å². The molecule has 2 aromatic heterocycles. The number of aromatic carboxylic acids is 1. The summed E-state index contributed by atoms with van der Waals surface area (Å²) < 4.78 is 6.87. The largest absolute Gasteiger partial charge is 0.475 e. The molecule has 0 bridgehead atoms. The van der Waals surface area contributed by atoms with Crippen molar-refractivity contribution in [2.24, 2.45) is 0 Å². The maximum absolute atomic E-state index is 12.3. The maximum atomic E-state index is 12.3. The number of carbonyl (C=O) groups is 3. The van der Waals surface area contributed by atoms with Crippen LogP contribution in [0.25, 0.3) is 10.9 Å². The average molecular weight is 383 g/mol. The van der Waals surface area contributed by atoms with Gasteiger partial charge in [-0.3, -0.25) is 9.59 Å². The van der Waals surface area contributed by atoms with Gasteiger partial charge in [0.1, 0.15) is 6.54 Å². The SMILES string of the molecule is CCN(CC)C(=O)Cn1ccc2cc(NC(=O)c3ccc(C(=O)O)o3)ccc21. The molecule has 3 rings (SSSR count). The van der Waals surface area contributed by atoms with E-state index in [0.717, 1.165) is 10.9 Å². The van der Waals surface area contributed by atoms with Crippen LogP contribution in [0.15, 0.2) is 47.0 Å². The molecule has 0 atom stereocenters. The fraction of sp³-hybridized carbons (Fsp3) is 0.250. The lowest BCUT2D eigenvalue weighted by molar-refractivity contribution is -0.131. The van der Waals surface area contributed by atoms with Crippen LogP contribution in [0.2, 0.25) is 0 Å². The highest BCUT2D eigenvalue weighted by molar-refractivity contribution is 6.04. The van der Waals surface area contributed by atoms with Crippen LogP contribution in [-0.2, 0) is 11.3 Å². The predicted molar refractivity (Wildman–Crippen MR) is 103 cm³/mol. The van der Waals surface area contributed by atoms with Crippen LogP contribution >= 0.6 is 0 Å². The third-order valence-corrected chi connectivity index (χ3v) is 4.49. The van der Waals surface area contributed by atoms with E-state index in [2.05, 4.69) is 5.32 Å². The summed E-state index contributed by atoms with van der Waals surface area (Å²) in [6.45, 7) is 5.48. The third-order valence-electron chi connectivity index (χ3n) is 4.49. The number of nitrogens with zero attached hydrogens (tertiary/aromatic N) is 2. The molecule has 8 nitrogen and oxygen atoms in total. The molecule has 8 heteroatoms. The number of aromatic nitrogens is 1. The molecule has 146 valence electrons. The summed E-state index contributed by atoms with van der Waals surface area (Å²) >= 11 is 0. The molecule has 2 amide bonds. The number of likely N-dealkylation sites (N-methyl/N-ethyl adjacent to an activating group) is 1. The monoisotopic (exact) mass is 383 g/mol. The van der Waals surface area contributed by atoms with E-state index in [0.29, 0.717) is 18.8 Å². The number of anilines is 1. The van der Waals surface area contributed by atoms with Crippen LogP contribution in [-0.4, -0.2) is 45.4 Å². The minimum Gasteiger partial charge on any atom is -0.475 e. The first-order chi connectivity index (χ1) is 13.4. The van der Waals surface area contributed by atoms with Gasteiger partial charge in [0.25, 0.3) is 5.91 Å². The summed E-state index contributed by atoms with van der Waals surface area (Å²) in [4.78, 5) is 37.2. The number of benzene rings is 1. The number of fused-ring (bicyclic) bond motifs is 1. The van der Waals surface area contributed by atoms with Crippen molar-refractivity contribution in [1.29, 1.82) is 0 Å². The number of carbonyl (C=O) groups excluding carboxylic acids is 2. The molecule has 0 aliphatic heterocycles. The van der Waals surface area contributed by atoms with Gasteiger partial charge in [-0.05, 0) is 50.2 Å². The van der Waals surface area contributed by atoms with E-state index < -0.39 is 11.9 Å². The quantitative estimate of drug-likeness (QED) is 0.652. The van der Waals surface area contributed by atoms with E-state index in [-0.39, 0.29) is 24.0 Å². The van der Waals surface area contributed by atoms with Crippen molar-refractivity contribution in [2.45, 2.75) is 20.4 Å². The topological polar surface area (TPSA) is 105 Å². The lowest BCUT2D eigenvalue weighted by Gasteiger charge is -2.19. The van der Waals surface area contributed by atoms with Crippen LogP contribution in [0, 0.1) is 0 Å². The summed E-state index contributed by atoms with van der Waals surface area (Å²) in [6, 6.07) is 9.74. The molecule has 28 heavy (non-hydrogen) atoms. The maximum Gasteiger partial charge on any atom is 0.371 e. The van der Waals surface area contributed by atoms with E-state index in [1.54, 1.807) is 17.0 Å². The van der Waals surface area contributed by atoms with Gasteiger partial charge in [-0.25, -0.2) is 4.79 Å². The smallest absolute Gasteiger partial charge is 0.371 e. The van der Waals surface area contributed by atoms with Gasteiger partial charge in [0.2, 0.25) is 11.7 Å². The van der Waals surface area contributed by atoms with Gasteiger partial charge in [0.15, 0.2) is 5.76 Å². The molecule has 2 heterocycles. The van der Waals surface area contributed by atoms with E-state index in [1.165, 1.54) is 12.1 Å². The molecule has 0 saturated heterocycles. The average Bonchev–Trinajstić information content (AvgIpc) is 3.30. The molecule has 2 N–H and O–H groups in total. The number of hydrogen-bond acceptors (Lipinski definition) is 4. The lowest BCUT2D eigenvalue weighted by atomic mass is 10.2. The van der Waals surface area contributed by atoms with Crippen LogP contribution in [0.1, 0.15) is 35.0 Å². The summed E-state index contributed by atoms with van der Waals surface area (Å²) in [6.07, 6.45) is 1.84. The number of amides is 2. The second-order valence-corrected chi connectivity index (χ2v) is 6.21. The number of carboxylic acids is 1. The Balaban J connectivity index is 1.75. The first-order valence-electron chi connectivity index (χ1n) is 8.94. The zero-order valence-corrected chi connectivity index (χ0v) is 15.6. The van der Waals surface area contributed by atoms with Crippen LogP contribution in [0.3, 0.4) is 0 Å². The normalized spacial score (nSPS) is 10.8. The number of furan rings is 1. The Bertz CT molecular complexity index is 1030. The zero-order valence-electron chi connectivity index (χ0n) is 15.6. The summed E-state index contributed by atoms with van der Waals surface area (Å²) in [5.74, 6) is -2.11. The fourth-order valence-corrected chi connectivity index (χ4v) is 3.01. The Labute approximate surface area is 161 Å². The van der Waals surface area contributed by atoms with Crippen molar-refractivity contribution >= 4 is 34.4 Å². The van der Waals surface area contributed by atoms with Crippen molar-refractivity contribution < 1.29 is 23.9 Å². The zero-order chi connectivity index (χ0) is 20.3. The molecule has 0 saturated carbocycles. The highest BCUT2D eigenvalue weighted by atomic mass is 16.4. The third kappa shape index (κ3) is 3.90. The molecule has 0 aliphatic rings. The highest BCUT2D eigenvalue weighted by Crippen LogP contribution is 2.21. The van der Waals surface area contributed by atoms with Crippen molar-refractivity contribution in [3.05, 3.63) is 54.1 Å². The van der Waals surface area contributed by atoms with Crippen LogP contribution in [0.5, 0.6) is 0 Å². The molecule has 3 aromatic rings. The molecule has 1 aromatic carbocycles. The predicted octanol–water partition coefficient (Wildman–Crippen LogP) is 3.05. The van der Waals surface area contributed by atoms with Gasteiger partial charge in [0.05, 0.1) is 0 Å². The Morgan fingerprint density at radius 3 is 2.43 bits per heavy atom. The van der Waals surface area contributed by atoms with Gasteiger partial charge in [-0.15, -0.1) is 0 Å². The summed E-state index contributed by atoms with van der Waals surface area (Å²) in [7, 11) is 0. The highest BCUT2D eigenvalue weighted by Gasteiger charge is 2.16. The minimum atomic E-state index is -1.24. The van der Waals surface area contributed by atoms with Crippen LogP contribution in [0.4, 0.5) is 5.69 Å². The van der Waals surface area contributed by atoms with E-state index in [9.17, 15) is 14.4 Å². The minimum absolute atomic E-state index is 0.0481. The number of rotatable bonds is 7. The first kappa shape index (κ1) is 19.2. The van der Waals surface area contributed by atoms with Crippen molar-refractivity contribution in [3.8, 4) is 0 Å². The van der Waals surface area contributed by atoms with Gasteiger partial charge in [0, 0.05) is 35.9 Å². The number of nitrogens with one attached hydrogen (secondary N) is 1. The van der Waals surface area contributed by atoms with Gasteiger partial charge in [-0.1, -0.05) is 0 Å². The molecular weight excluding hydrogens is 362 g/mol. The van der Waals surface area contributed by atoms with Gasteiger partial charge >= 0.3 is 5.97 Å². The molecule has 0 radical (unpaired) electrons. The summed E-state index contributed by atoms with van der Waals surface area (Å²) in [5, 5.41) is 12.4. The first-order valence-corrected chi connectivity index (χ1v) is 8.94. The van der Waals surface area contributed by atoms with Gasteiger partial charge < -0.3 is 24.3 Å². The standard InChI is InChI=1S/C20H21N3O5/c1-3-22(4-2)18(24)12-23-10-9-13-11-14(5-6-15(13)23)21-19(25)16-7-8-17(28-16)20(26)27/h5-11H,3-4,12H2,1-2H3,(H,21,25)(H,26,27). The second kappa shape index (κ2) is 7.99. The Kier molecular flexibility index (Phi) is 5.49. The summed E-state index contributed by atoms with van der Waals surface area (Å²) in [5.41, 5.74) is 1.42. The fourth-order valence-electron chi connectivity index (χ4n) is 3.01. The second-order valence-electron chi connectivity index (χ2n) is 6.21. The number of hydrogen-bond donors (Lipinski definition) is 2. The molecular formula is C20H21N3O5.